The van der Waals surface area contributed by atoms with E-state index in [1.54, 1.807) is 4.57 Å². The third-order valence-electron chi connectivity index (χ3n) is 6.18. The third kappa shape index (κ3) is 3.43. The van der Waals surface area contributed by atoms with Gasteiger partial charge in [0, 0.05) is 30.2 Å². The number of H-pyrrole nitrogens is 2. The van der Waals surface area contributed by atoms with E-state index < -0.39 is 0 Å². The van der Waals surface area contributed by atoms with Gasteiger partial charge in [0.15, 0.2) is 4.77 Å². The number of nitrogens with one attached hydrogen (secondary N) is 2. The second kappa shape index (κ2) is 7.61. The van der Waals surface area contributed by atoms with Gasteiger partial charge in [-0.25, -0.2) is 0 Å². The summed E-state index contributed by atoms with van der Waals surface area (Å²) in [6.45, 7) is 3.55. The summed E-state index contributed by atoms with van der Waals surface area (Å²) in [6, 6.07) is 16.1. The molecule has 0 spiro atoms. The Morgan fingerprint density at radius 3 is 2.41 bits per heavy atom. The van der Waals surface area contributed by atoms with E-state index in [-0.39, 0.29) is 5.56 Å². The molecule has 0 bridgehead atoms. The van der Waals surface area contributed by atoms with Crippen LogP contribution in [0.1, 0.15) is 24.3 Å². The highest BCUT2D eigenvalue weighted by Crippen LogP contribution is 2.32. The molecule has 0 radical (unpaired) electrons. The van der Waals surface area contributed by atoms with Gasteiger partial charge in [0.05, 0.1) is 10.9 Å². The van der Waals surface area contributed by atoms with Crippen LogP contribution in [0.3, 0.4) is 0 Å². The van der Waals surface area contributed by atoms with E-state index in [0.717, 1.165) is 38.0 Å². The Kier molecular flexibility index (Phi) is 4.81. The molecular formula is C23H24N4OS. The van der Waals surface area contributed by atoms with Gasteiger partial charge in [-0.2, -0.15) is 0 Å². The summed E-state index contributed by atoms with van der Waals surface area (Å²) in [5.74, 6) is 0.591. The number of aromatic amines is 2. The zero-order valence-electron chi connectivity index (χ0n) is 16.2. The van der Waals surface area contributed by atoms with Gasteiger partial charge in [-0.1, -0.05) is 30.3 Å². The maximum Gasteiger partial charge on any atom is 0.262 e. The van der Waals surface area contributed by atoms with Gasteiger partial charge < -0.3 is 14.9 Å². The van der Waals surface area contributed by atoms with Crippen molar-refractivity contribution in [3.63, 3.8) is 0 Å². The zero-order chi connectivity index (χ0) is 19.8. The highest BCUT2D eigenvalue weighted by molar-refractivity contribution is 7.71. The summed E-state index contributed by atoms with van der Waals surface area (Å²) >= 11 is 5.44. The van der Waals surface area contributed by atoms with E-state index in [9.17, 15) is 4.79 Å². The van der Waals surface area contributed by atoms with Crippen molar-refractivity contribution >= 4 is 34.0 Å². The van der Waals surface area contributed by atoms with Crippen molar-refractivity contribution < 1.29 is 0 Å². The molecule has 1 aliphatic rings. The van der Waals surface area contributed by atoms with Crippen LogP contribution in [0.2, 0.25) is 0 Å². The molecule has 0 aliphatic carbocycles. The van der Waals surface area contributed by atoms with Crippen LogP contribution in [0.25, 0.3) is 21.8 Å². The highest BCUT2D eigenvalue weighted by atomic mass is 32.1. The number of piperidine rings is 1. The van der Waals surface area contributed by atoms with Gasteiger partial charge in [0.1, 0.15) is 0 Å². The fourth-order valence-electron chi connectivity index (χ4n) is 4.54. The molecule has 4 aromatic rings. The molecule has 2 aromatic carbocycles. The molecule has 1 fully saturated rings. The van der Waals surface area contributed by atoms with Crippen molar-refractivity contribution in [3.8, 4) is 0 Å². The highest BCUT2D eigenvalue weighted by Gasteiger charge is 2.22. The summed E-state index contributed by atoms with van der Waals surface area (Å²) in [6.07, 6.45) is 4.46. The van der Waals surface area contributed by atoms with Gasteiger partial charge in [-0.3, -0.25) is 9.36 Å². The lowest BCUT2D eigenvalue weighted by Gasteiger charge is -2.32. The largest absolute Gasteiger partial charge is 0.361 e. The molecule has 0 unspecified atom stereocenters. The summed E-state index contributed by atoms with van der Waals surface area (Å²) in [4.78, 5) is 21.8. The van der Waals surface area contributed by atoms with Gasteiger partial charge in [-0.15, -0.1) is 0 Å². The van der Waals surface area contributed by atoms with Crippen LogP contribution in [0.4, 0.5) is 0 Å². The normalized spacial score (nSPS) is 16.0. The molecule has 148 valence electrons. The minimum Gasteiger partial charge on any atom is -0.361 e. The molecule has 1 aliphatic heterocycles. The molecule has 0 atom stereocenters. The van der Waals surface area contributed by atoms with Crippen molar-refractivity contribution in [3.05, 3.63) is 75.4 Å². The lowest BCUT2D eigenvalue weighted by atomic mass is 9.89. The Morgan fingerprint density at radius 1 is 0.931 bits per heavy atom. The Hall–Kier alpha value is -2.70. The van der Waals surface area contributed by atoms with Gasteiger partial charge in [-0.05, 0) is 67.8 Å². The second-order valence-electron chi connectivity index (χ2n) is 7.84. The monoisotopic (exact) mass is 404 g/mol. The first-order chi connectivity index (χ1) is 14.2. The number of para-hydroxylation sites is 2. The smallest absolute Gasteiger partial charge is 0.262 e. The lowest BCUT2D eigenvalue weighted by molar-refractivity contribution is 0.204. The van der Waals surface area contributed by atoms with E-state index >= 15 is 0 Å². The van der Waals surface area contributed by atoms with E-state index in [1.807, 2.05) is 24.3 Å². The van der Waals surface area contributed by atoms with E-state index in [2.05, 4.69) is 45.3 Å². The molecule has 1 saturated heterocycles. The van der Waals surface area contributed by atoms with Crippen LogP contribution < -0.4 is 5.56 Å². The topological polar surface area (TPSA) is 56.8 Å². The molecule has 6 heteroatoms. The minimum atomic E-state index is -0.00183. The van der Waals surface area contributed by atoms with E-state index in [1.165, 1.54) is 16.5 Å². The molecule has 0 saturated carbocycles. The van der Waals surface area contributed by atoms with Crippen LogP contribution in [-0.4, -0.2) is 39.1 Å². The van der Waals surface area contributed by atoms with Crippen LogP contribution in [0.5, 0.6) is 0 Å². The number of hydrogen-bond donors (Lipinski definition) is 2. The quantitative estimate of drug-likeness (QED) is 0.495. The Bertz CT molecular complexity index is 1280. The molecular weight excluding hydrogens is 380 g/mol. The second-order valence-corrected chi connectivity index (χ2v) is 8.22. The van der Waals surface area contributed by atoms with Crippen molar-refractivity contribution in [1.29, 1.82) is 0 Å². The number of aromatic nitrogens is 3. The maximum absolute atomic E-state index is 12.8. The first-order valence-electron chi connectivity index (χ1n) is 10.2. The number of fused-ring (bicyclic) bond motifs is 2. The van der Waals surface area contributed by atoms with Crippen LogP contribution >= 0.6 is 12.2 Å². The number of rotatable bonds is 4. The van der Waals surface area contributed by atoms with Crippen molar-refractivity contribution in [1.82, 2.24) is 19.4 Å². The average molecular weight is 405 g/mol. The summed E-state index contributed by atoms with van der Waals surface area (Å²) in [7, 11) is 0. The van der Waals surface area contributed by atoms with Gasteiger partial charge in [0.2, 0.25) is 0 Å². The van der Waals surface area contributed by atoms with Crippen LogP contribution in [0.15, 0.2) is 59.5 Å². The first-order valence-corrected chi connectivity index (χ1v) is 10.6. The van der Waals surface area contributed by atoms with Crippen molar-refractivity contribution in [2.24, 2.45) is 0 Å². The number of likely N-dealkylation sites (tertiary alicyclic amines) is 1. The molecule has 2 aromatic heterocycles. The number of nitrogens with zero attached hydrogens (tertiary/aromatic N) is 2. The molecule has 2 N–H and O–H groups in total. The number of benzene rings is 2. The van der Waals surface area contributed by atoms with E-state index in [4.69, 9.17) is 12.2 Å². The van der Waals surface area contributed by atoms with E-state index in [0.29, 0.717) is 22.6 Å². The fourth-order valence-corrected chi connectivity index (χ4v) is 4.83. The third-order valence-corrected chi connectivity index (χ3v) is 6.50. The summed E-state index contributed by atoms with van der Waals surface area (Å²) < 4.78 is 2.20. The standard InChI is InChI=1S/C23H24N4OS/c28-22-18-6-2-4-8-21(18)25-23(29)27(22)14-13-26-11-9-16(10-12-26)19-15-24-20-7-3-1-5-17(19)20/h1-8,15-16,24H,9-14H2,(H,25,29). The molecule has 3 heterocycles. The predicted molar refractivity (Wildman–Crippen MR) is 120 cm³/mol. The average Bonchev–Trinajstić information content (AvgIpc) is 3.18. The zero-order valence-corrected chi connectivity index (χ0v) is 17.0. The van der Waals surface area contributed by atoms with Gasteiger partial charge >= 0.3 is 0 Å². The lowest BCUT2D eigenvalue weighted by Crippen LogP contribution is -2.37. The minimum absolute atomic E-state index is 0.00183. The predicted octanol–water partition coefficient (Wildman–Crippen LogP) is 4.42. The SMILES string of the molecule is O=c1c2ccccc2[nH]c(=S)n1CCN1CCC(c2c[nH]c3ccccc23)CC1. The molecule has 5 rings (SSSR count). The summed E-state index contributed by atoms with van der Waals surface area (Å²) in [5.41, 5.74) is 3.46. The van der Waals surface area contributed by atoms with Gasteiger partial charge in [0.25, 0.3) is 5.56 Å². The van der Waals surface area contributed by atoms with Crippen molar-refractivity contribution in [2.75, 3.05) is 19.6 Å². The summed E-state index contributed by atoms with van der Waals surface area (Å²) in [5, 5.41) is 2.04. The number of hydrogen-bond acceptors (Lipinski definition) is 3. The maximum atomic E-state index is 12.8. The Morgan fingerprint density at radius 2 is 1.62 bits per heavy atom. The Balaban J connectivity index is 1.27. The molecule has 29 heavy (non-hydrogen) atoms. The Labute approximate surface area is 174 Å². The fraction of sp³-hybridized carbons (Fsp3) is 0.304. The van der Waals surface area contributed by atoms with Crippen LogP contribution in [0, 0.1) is 4.77 Å². The first kappa shape index (κ1) is 18.3. The molecule has 5 nitrogen and oxygen atoms in total. The molecule has 0 amide bonds. The van der Waals surface area contributed by atoms with Crippen molar-refractivity contribution in [2.45, 2.75) is 25.3 Å². The van der Waals surface area contributed by atoms with Crippen LogP contribution in [-0.2, 0) is 6.54 Å².